The Hall–Kier alpha value is -1.45. The van der Waals surface area contributed by atoms with E-state index in [9.17, 15) is 14.9 Å². The predicted octanol–water partition coefficient (Wildman–Crippen LogP) is 1.50. The summed E-state index contributed by atoms with van der Waals surface area (Å²) in [4.78, 5) is 21.5. The predicted molar refractivity (Wildman–Crippen MR) is 47.9 cm³/mol. The van der Waals surface area contributed by atoms with Crippen LogP contribution in [0.5, 0.6) is 0 Å². The highest BCUT2D eigenvalue weighted by Gasteiger charge is 2.43. The summed E-state index contributed by atoms with van der Waals surface area (Å²) in [5, 5.41) is 10.8. The topological polar surface area (TPSA) is 60.2 Å². The van der Waals surface area contributed by atoms with E-state index in [1.54, 1.807) is 13.8 Å². The van der Waals surface area contributed by atoms with E-state index in [-0.39, 0.29) is 10.7 Å². The van der Waals surface area contributed by atoms with Crippen LogP contribution < -0.4 is 0 Å². The van der Waals surface area contributed by atoms with Crippen LogP contribution in [0.15, 0.2) is 23.3 Å². The third-order valence-corrected chi connectivity index (χ3v) is 2.62. The fourth-order valence-corrected chi connectivity index (χ4v) is 1.35. The zero-order valence-corrected chi connectivity index (χ0v) is 7.83. The van der Waals surface area contributed by atoms with Gasteiger partial charge in [-0.1, -0.05) is 0 Å². The lowest BCUT2D eigenvalue weighted by Crippen LogP contribution is -2.39. The minimum atomic E-state index is -1.20. The van der Waals surface area contributed by atoms with E-state index in [1.807, 2.05) is 0 Å². The van der Waals surface area contributed by atoms with Crippen molar-refractivity contribution in [2.45, 2.75) is 26.3 Å². The average Bonchev–Trinajstić information content (AvgIpc) is 1.99. The molecule has 0 aromatic heterocycles. The summed E-state index contributed by atoms with van der Waals surface area (Å²) >= 11 is 0. The van der Waals surface area contributed by atoms with Gasteiger partial charge < -0.3 is 0 Å². The summed E-state index contributed by atoms with van der Waals surface area (Å²) < 4.78 is 0. The van der Waals surface area contributed by atoms with E-state index >= 15 is 0 Å². The molecule has 0 N–H and O–H groups in total. The van der Waals surface area contributed by atoms with Gasteiger partial charge in [-0.2, -0.15) is 0 Å². The van der Waals surface area contributed by atoms with E-state index < -0.39 is 5.54 Å². The lowest BCUT2D eigenvalue weighted by atomic mass is 9.82. The second-order valence-electron chi connectivity index (χ2n) is 3.39. The Balaban J connectivity index is 3.26. The molecule has 0 saturated carbocycles. The average molecular weight is 181 g/mol. The largest absolute Gasteiger partial charge is 0.290 e. The first kappa shape index (κ1) is 9.64. The van der Waals surface area contributed by atoms with Crippen molar-refractivity contribution in [3.8, 4) is 0 Å². The molecule has 1 aliphatic rings. The van der Waals surface area contributed by atoms with Crippen LogP contribution in [0.4, 0.5) is 0 Å². The molecule has 0 bridgehead atoms. The van der Waals surface area contributed by atoms with Crippen molar-refractivity contribution in [1.29, 1.82) is 0 Å². The Morgan fingerprint density at radius 1 is 1.31 bits per heavy atom. The van der Waals surface area contributed by atoms with Crippen molar-refractivity contribution >= 4 is 5.78 Å². The highest BCUT2D eigenvalue weighted by atomic mass is 16.6. The molecule has 0 aliphatic heterocycles. The van der Waals surface area contributed by atoms with Crippen LogP contribution in [0.25, 0.3) is 0 Å². The zero-order chi connectivity index (χ0) is 10.2. The minimum Gasteiger partial charge on any atom is -0.290 e. The molecule has 0 heterocycles. The Bertz CT molecular complexity index is 317. The van der Waals surface area contributed by atoms with Gasteiger partial charge in [0.25, 0.3) is 5.54 Å². The van der Waals surface area contributed by atoms with Gasteiger partial charge >= 0.3 is 0 Å². The molecule has 1 aliphatic carbocycles. The van der Waals surface area contributed by atoms with E-state index in [0.717, 1.165) is 0 Å². The molecule has 0 radical (unpaired) electrons. The second-order valence-corrected chi connectivity index (χ2v) is 3.39. The number of nitro groups is 1. The van der Waals surface area contributed by atoms with Gasteiger partial charge in [-0.3, -0.25) is 14.9 Å². The second kappa shape index (κ2) is 2.80. The van der Waals surface area contributed by atoms with Crippen molar-refractivity contribution in [3.63, 3.8) is 0 Å². The smallest absolute Gasteiger partial charge is 0.261 e. The standard InChI is InChI=1S/C9H11NO3/c1-6-4-8(11)5-7(2)9(6,3)10(12)13/h4-5H,1-3H3. The molecule has 0 aromatic rings. The molecule has 70 valence electrons. The molecule has 0 saturated heterocycles. The first-order chi connectivity index (χ1) is 5.89. The molecule has 4 nitrogen and oxygen atoms in total. The number of carbonyl (C=O) groups excluding carboxylic acids is 1. The third-order valence-electron chi connectivity index (χ3n) is 2.62. The fraction of sp³-hybridized carbons (Fsp3) is 0.444. The van der Waals surface area contributed by atoms with Crippen LogP contribution in [-0.2, 0) is 4.79 Å². The number of carbonyl (C=O) groups is 1. The van der Waals surface area contributed by atoms with Crippen LogP contribution in [0.3, 0.4) is 0 Å². The van der Waals surface area contributed by atoms with Gasteiger partial charge in [0.05, 0.1) is 0 Å². The normalized spacial score (nSPS) is 20.7. The molecule has 0 unspecified atom stereocenters. The highest BCUT2D eigenvalue weighted by molar-refractivity contribution is 6.02. The van der Waals surface area contributed by atoms with E-state index in [2.05, 4.69) is 0 Å². The Kier molecular flexibility index (Phi) is 2.07. The maximum Gasteiger partial charge on any atom is 0.261 e. The summed E-state index contributed by atoms with van der Waals surface area (Å²) in [7, 11) is 0. The van der Waals surface area contributed by atoms with Gasteiger partial charge in [0.1, 0.15) is 0 Å². The summed E-state index contributed by atoms with van der Waals surface area (Å²) in [6.45, 7) is 4.73. The van der Waals surface area contributed by atoms with Crippen molar-refractivity contribution in [3.05, 3.63) is 33.4 Å². The molecule has 0 amide bonds. The van der Waals surface area contributed by atoms with Crippen molar-refractivity contribution in [2.24, 2.45) is 0 Å². The van der Waals surface area contributed by atoms with Gasteiger partial charge in [0, 0.05) is 23.0 Å². The molecular formula is C9H11NO3. The number of nitrogens with zero attached hydrogens (tertiary/aromatic N) is 1. The monoisotopic (exact) mass is 181 g/mol. The lowest BCUT2D eigenvalue weighted by Gasteiger charge is -2.24. The minimum absolute atomic E-state index is 0.172. The maximum atomic E-state index is 11.0. The quantitative estimate of drug-likeness (QED) is 0.455. The fourth-order valence-electron chi connectivity index (χ4n) is 1.35. The van der Waals surface area contributed by atoms with Gasteiger partial charge in [-0.05, 0) is 26.0 Å². The maximum absolute atomic E-state index is 11.0. The van der Waals surface area contributed by atoms with Crippen LogP contribution in [-0.4, -0.2) is 16.2 Å². The Morgan fingerprint density at radius 3 is 2.00 bits per heavy atom. The molecule has 0 atom stereocenters. The van der Waals surface area contributed by atoms with Gasteiger partial charge in [0.2, 0.25) is 0 Å². The Labute approximate surface area is 76.1 Å². The number of hydrogen-bond acceptors (Lipinski definition) is 3. The third kappa shape index (κ3) is 1.28. The summed E-state index contributed by atoms with van der Waals surface area (Å²) in [6, 6.07) is 0. The lowest BCUT2D eigenvalue weighted by molar-refractivity contribution is -0.542. The van der Waals surface area contributed by atoms with E-state index in [4.69, 9.17) is 0 Å². The van der Waals surface area contributed by atoms with Crippen LogP contribution in [0.1, 0.15) is 20.8 Å². The molecule has 0 aromatic carbocycles. The van der Waals surface area contributed by atoms with Crippen molar-refractivity contribution in [2.75, 3.05) is 0 Å². The Morgan fingerprint density at radius 2 is 1.69 bits per heavy atom. The first-order valence-corrected chi connectivity index (χ1v) is 3.95. The number of ketones is 1. The molecule has 0 spiro atoms. The molecule has 13 heavy (non-hydrogen) atoms. The van der Waals surface area contributed by atoms with Gasteiger partial charge in [-0.25, -0.2) is 0 Å². The van der Waals surface area contributed by atoms with Crippen molar-refractivity contribution in [1.82, 2.24) is 0 Å². The number of rotatable bonds is 1. The van der Waals surface area contributed by atoms with Gasteiger partial charge in [0.15, 0.2) is 5.78 Å². The summed E-state index contributed by atoms with van der Waals surface area (Å²) in [6.07, 6.45) is 2.63. The van der Waals surface area contributed by atoms with Crippen molar-refractivity contribution < 1.29 is 9.72 Å². The molecule has 0 fully saturated rings. The SMILES string of the molecule is CC1=CC(=O)C=C(C)C1(C)[N+](=O)[O-]. The van der Waals surface area contributed by atoms with Crippen LogP contribution >= 0.6 is 0 Å². The summed E-state index contributed by atoms with van der Waals surface area (Å²) in [5.41, 5.74) is -0.224. The van der Waals surface area contributed by atoms with E-state index in [0.29, 0.717) is 11.1 Å². The first-order valence-electron chi connectivity index (χ1n) is 3.95. The number of allylic oxidation sites excluding steroid dienone is 2. The highest BCUT2D eigenvalue weighted by Crippen LogP contribution is 2.31. The number of hydrogen-bond donors (Lipinski definition) is 0. The van der Waals surface area contributed by atoms with E-state index in [1.165, 1.54) is 19.1 Å². The molecule has 4 heteroatoms. The van der Waals surface area contributed by atoms with Crippen LogP contribution in [0, 0.1) is 10.1 Å². The van der Waals surface area contributed by atoms with Gasteiger partial charge in [-0.15, -0.1) is 0 Å². The van der Waals surface area contributed by atoms with Crippen LogP contribution in [0.2, 0.25) is 0 Å². The molecular weight excluding hydrogens is 170 g/mol. The zero-order valence-electron chi connectivity index (χ0n) is 7.83. The molecule has 1 rings (SSSR count). The summed E-state index contributed by atoms with van der Waals surface area (Å²) in [5.74, 6) is -0.172.